The molecule has 0 aromatic heterocycles. The van der Waals surface area contributed by atoms with Crippen molar-refractivity contribution in [2.75, 3.05) is 7.11 Å². The molecule has 0 aliphatic carbocycles. The van der Waals surface area contributed by atoms with E-state index in [1.807, 2.05) is 0 Å². The zero-order valence-corrected chi connectivity index (χ0v) is 18.0. The highest BCUT2D eigenvalue weighted by atomic mass is 16.6. The highest BCUT2D eigenvalue weighted by molar-refractivity contribution is 5.94. The van der Waals surface area contributed by atoms with Crippen LogP contribution in [0.5, 0.6) is 23.0 Å². The van der Waals surface area contributed by atoms with Crippen LogP contribution in [0.15, 0.2) is 48.6 Å². The maximum Gasteiger partial charge on any atom is 0.351 e. The lowest BCUT2D eigenvalue weighted by Gasteiger charge is -2.21. The number of carbonyl (C=O) groups is 4. The molecule has 0 bridgehead atoms. The third kappa shape index (κ3) is 7.53. The summed E-state index contributed by atoms with van der Waals surface area (Å²) in [6, 6.07) is 7.24. The van der Waals surface area contributed by atoms with Crippen LogP contribution in [-0.4, -0.2) is 68.7 Å². The molecule has 0 spiro atoms. The standard InChI is InChI=1S/C23H20O12/c1-33-23(32)21(35-19(29)9-5-13-3-7-15(25)17(27)11-13)20(22(30)31)34-18(28)8-4-12-2-6-14(24)16(26)10-12/h2-11,20-21,24-27H,1H3,(H,30,31)/t20-,21-/m0/s1. The van der Waals surface area contributed by atoms with E-state index in [0.717, 1.165) is 55.7 Å². The van der Waals surface area contributed by atoms with Crippen molar-refractivity contribution in [3.05, 3.63) is 59.7 Å². The molecule has 2 rings (SSSR count). The Hall–Kier alpha value is -5.00. The first-order valence-electron chi connectivity index (χ1n) is 9.63. The summed E-state index contributed by atoms with van der Waals surface area (Å²) in [5, 5.41) is 47.0. The fourth-order valence-corrected chi connectivity index (χ4v) is 2.54. The number of phenolic OH excluding ortho intramolecular Hbond substituents is 4. The van der Waals surface area contributed by atoms with Crippen LogP contribution in [-0.2, 0) is 33.4 Å². The maximum absolute atomic E-state index is 12.2. The molecule has 2 aromatic carbocycles. The monoisotopic (exact) mass is 488 g/mol. The van der Waals surface area contributed by atoms with Crippen molar-refractivity contribution in [3.8, 4) is 23.0 Å². The molecule has 0 radical (unpaired) electrons. The molecule has 2 aromatic rings. The number of ether oxygens (including phenoxy) is 3. The average Bonchev–Trinajstić information content (AvgIpc) is 2.82. The van der Waals surface area contributed by atoms with Crippen LogP contribution < -0.4 is 0 Å². The Morgan fingerprint density at radius 2 is 1.14 bits per heavy atom. The number of hydrogen-bond acceptors (Lipinski definition) is 11. The van der Waals surface area contributed by atoms with E-state index in [2.05, 4.69) is 4.74 Å². The topological polar surface area (TPSA) is 197 Å². The minimum Gasteiger partial charge on any atom is -0.504 e. The number of aliphatic carboxylic acids is 1. The van der Waals surface area contributed by atoms with Crippen LogP contribution >= 0.6 is 0 Å². The molecule has 5 N–H and O–H groups in total. The Morgan fingerprint density at radius 3 is 1.51 bits per heavy atom. The summed E-state index contributed by atoms with van der Waals surface area (Å²) in [6.45, 7) is 0. The van der Waals surface area contributed by atoms with E-state index >= 15 is 0 Å². The molecule has 35 heavy (non-hydrogen) atoms. The Kier molecular flexibility index (Phi) is 8.81. The number of methoxy groups -OCH3 is 1. The number of carboxylic acid groups (broad SMARTS) is 1. The van der Waals surface area contributed by atoms with Crippen molar-refractivity contribution in [1.82, 2.24) is 0 Å². The Balaban J connectivity index is 2.16. The number of aromatic hydroxyl groups is 4. The summed E-state index contributed by atoms with van der Waals surface area (Å²) in [6.07, 6.45) is -0.571. The average molecular weight is 488 g/mol. The van der Waals surface area contributed by atoms with Gasteiger partial charge in [0.2, 0.25) is 12.2 Å². The van der Waals surface area contributed by atoms with E-state index in [1.54, 1.807) is 0 Å². The summed E-state index contributed by atoms with van der Waals surface area (Å²) >= 11 is 0. The van der Waals surface area contributed by atoms with Gasteiger partial charge in [-0.15, -0.1) is 0 Å². The molecule has 12 heteroatoms. The molecule has 2 atom stereocenters. The molecule has 0 amide bonds. The van der Waals surface area contributed by atoms with Gasteiger partial charge in [0.1, 0.15) is 0 Å². The van der Waals surface area contributed by atoms with Crippen molar-refractivity contribution < 1.29 is 58.9 Å². The van der Waals surface area contributed by atoms with Gasteiger partial charge in [-0.1, -0.05) is 12.1 Å². The number of rotatable bonds is 9. The van der Waals surface area contributed by atoms with Crippen LogP contribution in [0, 0.1) is 0 Å². The van der Waals surface area contributed by atoms with Gasteiger partial charge in [0.25, 0.3) is 0 Å². The van der Waals surface area contributed by atoms with E-state index in [-0.39, 0.29) is 11.1 Å². The molecule has 0 saturated carbocycles. The minimum absolute atomic E-state index is 0.255. The first-order valence-corrected chi connectivity index (χ1v) is 9.63. The second-order valence-corrected chi connectivity index (χ2v) is 6.74. The Labute approximate surface area is 197 Å². The molecule has 12 nitrogen and oxygen atoms in total. The third-order valence-corrected chi connectivity index (χ3v) is 4.26. The van der Waals surface area contributed by atoms with Crippen molar-refractivity contribution in [2.45, 2.75) is 12.2 Å². The van der Waals surface area contributed by atoms with Crippen molar-refractivity contribution >= 4 is 36.0 Å². The lowest BCUT2D eigenvalue weighted by atomic mass is 10.2. The highest BCUT2D eigenvalue weighted by Gasteiger charge is 2.40. The van der Waals surface area contributed by atoms with Gasteiger partial charge in [0.05, 0.1) is 7.11 Å². The number of benzene rings is 2. The molecular formula is C23H20O12. The predicted molar refractivity (Wildman–Crippen MR) is 117 cm³/mol. The molecule has 0 fully saturated rings. The van der Waals surface area contributed by atoms with E-state index < -0.39 is 59.1 Å². The second kappa shape index (κ2) is 11.7. The molecule has 0 heterocycles. The van der Waals surface area contributed by atoms with Gasteiger partial charge in [-0.05, 0) is 47.5 Å². The summed E-state index contributed by atoms with van der Waals surface area (Å²) < 4.78 is 14.1. The van der Waals surface area contributed by atoms with Crippen LogP contribution in [0.2, 0.25) is 0 Å². The largest absolute Gasteiger partial charge is 0.504 e. The van der Waals surface area contributed by atoms with E-state index in [9.17, 15) is 44.7 Å². The van der Waals surface area contributed by atoms with Crippen LogP contribution in [0.4, 0.5) is 0 Å². The number of esters is 3. The molecule has 184 valence electrons. The normalized spacial score (nSPS) is 12.7. The number of carboxylic acids is 1. The lowest BCUT2D eigenvalue weighted by Crippen LogP contribution is -2.46. The first-order chi connectivity index (χ1) is 16.5. The summed E-state index contributed by atoms with van der Waals surface area (Å²) in [5.41, 5.74) is 0.518. The van der Waals surface area contributed by atoms with E-state index in [0.29, 0.717) is 0 Å². The Morgan fingerprint density at radius 1 is 0.714 bits per heavy atom. The fourth-order valence-electron chi connectivity index (χ4n) is 2.54. The van der Waals surface area contributed by atoms with Crippen molar-refractivity contribution in [3.63, 3.8) is 0 Å². The molecule has 0 saturated heterocycles. The molecule has 0 aliphatic rings. The number of carbonyl (C=O) groups excluding carboxylic acids is 3. The third-order valence-electron chi connectivity index (χ3n) is 4.26. The molecular weight excluding hydrogens is 468 g/mol. The summed E-state index contributed by atoms with van der Waals surface area (Å²) in [4.78, 5) is 48.0. The van der Waals surface area contributed by atoms with Crippen LogP contribution in [0.25, 0.3) is 12.2 Å². The van der Waals surface area contributed by atoms with Gasteiger partial charge in [-0.2, -0.15) is 0 Å². The Bertz CT molecular complexity index is 1180. The van der Waals surface area contributed by atoms with Gasteiger partial charge in [-0.3, -0.25) is 0 Å². The molecule has 0 aliphatic heterocycles. The van der Waals surface area contributed by atoms with Crippen molar-refractivity contribution in [1.29, 1.82) is 0 Å². The summed E-state index contributed by atoms with van der Waals surface area (Å²) in [5.74, 6) is -7.27. The van der Waals surface area contributed by atoms with Gasteiger partial charge in [0, 0.05) is 12.2 Å². The second-order valence-electron chi connectivity index (χ2n) is 6.74. The van der Waals surface area contributed by atoms with E-state index in [4.69, 9.17) is 9.47 Å². The SMILES string of the molecule is COC(=O)[C@@H](OC(=O)C=Cc1ccc(O)c(O)c1)[C@H](OC(=O)C=Cc1ccc(O)c(O)c1)C(=O)O. The van der Waals surface area contributed by atoms with Crippen LogP contribution in [0.1, 0.15) is 11.1 Å². The predicted octanol–water partition coefficient (Wildman–Crippen LogP) is 1.32. The van der Waals surface area contributed by atoms with Gasteiger partial charge in [0.15, 0.2) is 23.0 Å². The smallest absolute Gasteiger partial charge is 0.351 e. The fraction of sp³-hybridized carbons (Fsp3) is 0.130. The van der Waals surface area contributed by atoms with Crippen LogP contribution in [0.3, 0.4) is 0 Å². The molecule has 0 unspecified atom stereocenters. The van der Waals surface area contributed by atoms with Gasteiger partial charge < -0.3 is 39.7 Å². The number of hydrogen-bond donors (Lipinski definition) is 5. The van der Waals surface area contributed by atoms with Gasteiger partial charge >= 0.3 is 23.9 Å². The van der Waals surface area contributed by atoms with Gasteiger partial charge in [-0.25, -0.2) is 19.2 Å². The lowest BCUT2D eigenvalue weighted by molar-refractivity contribution is -0.185. The highest BCUT2D eigenvalue weighted by Crippen LogP contribution is 2.26. The first kappa shape index (κ1) is 26.3. The van der Waals surface area contributed by atoms with E-state index in [1.165, 1.54) is 12.1 Å². The zero-order valence-electron chi connectivity index (χ0n) is 18.0. The van der Waals surface area contributed by atoms with Crippen molar-refractivity contribution in [2.24, 2.45) is 0 Å². The quantitative estimate of drug-likeness (QED) is 0.147. The zero-order chi connectivity index (χ0) is 26.1. The summed E-state index contributed by atoms with van der Waals surface area (Å²) in [7, 11) is 0.899. The number of phenols is 4. The maximum atomic E-state index is 12.2. The minimum atomic E-state index is -2.28.